The summed E-state index contributed by atoms with van der Waals surface area (Å²) in [5.41, 5.74) is 3.34. The van der Waals surface area contributed by atoms with Gasteiger partial charge in [-0.15, -0.1) is 0 Å². The van der Waals surface area contributed by atoms with E-state index in [0.29, 0.717) is 28.8 Å². The first kappa shape index (κ1) is 20.6. The molecule has 0 fully saturated rings. The minimum atomic E-state index is -0.392. The second kappa shape index (κ2) is 8.35. The van der Waals surface area contributed by atoms with Crippen LogP contribution in [0.3, 0.4) is 0 Å². The average Bonchev–Trinajstić information content (AvgIpc) is 3.21. The van der Waals surface area contributed by atoms with Gasteiger partial charge in [-0.3, -0.25) is 14.0 Å². The lowest BCUT2D eigenvalue weighted by molar-refractivity contribution is 0.102. The van der Waals surface area contributed by atoms with E-state index in [-0.39, 0.29) is 11.3 Å². The summed E-state index contributed by atoms with van der Waals surface area (Å²) < 4.78 is 3.24. The number of aryl methyl sites for hydroxylation is 2. The standard InChI is InChI=1S/C26H23N5O2/c1-3-15-31-26(33)20-14-8-7-13-19(20)22(29-31)25(32)28-24-21(18-11-5-4-6-12-18)27-23-17(2)10-9-16-30(23)24/h4-14,16H,3,15H2,1-2H3,(H,28,32). The number of aromatic nitrogens is 4. The molecule has 2 aromatic carbocycles. The summed E-state index contributed by atoms with van der Waals surface area (Å²) in [5.74, 6) is 0.167. The molecule has 7 nitrogen and oxygen atoms in total. The molecule has 1 N–H and O–H groups in total. The zero-order valence-corrected chi connectivity index (χ0v) is 18.4. The van der Waals surface area contributed by atoms with Gasteiger partial charge in [0.05, 0.1) is 5.39 Å². The Balaban J connectivity index is 1.68. The average molecular weight is 438 g/mol. The molecule has 5 rings (SSSR count). The Hall–Kier alpha value is -4.26. The summed E-state index contributed by atoms with van der Waals surface area (Å²) in [4.78, 5) is 31.2. The molecule has 3 heterocycles. The number of hydrogen-bond acceptors (Lipinski definition) is 4. The fourth-order valence-corrected chi connectivity index (χ4v) is 4.05. The van der Waals surface area contributed by atoms with E-state index in [1.165, 1.54) is 4.68 Å². The van der Waals surface area contributed by atoms with Crippen LogP contribution in [0.2, 0.25) is 0 Å². The third-order valence-electron chi connectivity index (χ3n) is 5.64. The Morgan fingerprint density at radius 2 is 1.70 bits per heavy atom. The highest BCUT2D eigenvalue weighted by molar-refractivity contribution is 6.12. The predicted molar refractivity (Wildman–Crippen MR) is 130 cm³/mol. The lowest BCUT2D eigenvalue weighted by Gasteiger charge is -2.12. The van der Waals surface area contributed by atoms with Gasteiger partial charge in [0.15, 0.2) is 5.69 Å². The van der Waals surface area contributed by atoms with Crippen molar-refractivity contribution in [1.29, 1.82) is 0 Å². The topological polar surface area (TPSA) is 81.3 Å². The lowest BCUT2D eigenvalue weighted by Crippen LogP contribution is -2.27. The van der Waals surface area contributed by atoms with Gasteiger partial charge >= 0.3 is 0 Å². The number of carbonyl (C=O) groups is 1. The van der Waals surface area contributed by atoms with Gasteiger partial charge < -0.3 is 5.32 Å². The van der Waals surface area contributed by atoms with Crippen LogP contribution in [0, 0.1) is 6.92 Å². The highest BCUT2D eigenvalue weighted by Gasteiger charge is 2.21. The molecule has 0 aliphatic heterocycles. The maximum atomic E-state index is 13.6. The molecule has 0 unspecified atom stereocenters. The van der Waals surface area contributed by atoms with Crippen molar-refractivity contribution >= 4 is 28.1 Å². The number of carbonyl (C=O) groups excluding carboxylic acids is 1. The van der Waals surface area contributed by atoms with Crippen LogP contribution < -0.4 is 10.9 Å². The van der Waals surface area contributed by atoms with Crippen molar-refractivity contribution in [2.75, 3.05) is 5.32 Å². The highest BCUT2D eigenvalue weighted by Crippen LogP contribution is 2.30. The van der Waals surface area contributed by atoms with Gasteiger partial charge in [0.25, 0.3) is 11.5 Å². The fourth-order valence-electron chi connectivity index (χ4n) is 4.05. The maximum absolute atomic E-state index is 13.6. The molecule has 33 heavy (non-hydrogen) atoms. The molecular weight excluding hydrogens is 414 g/mol. The molecule has 0 saturated carbocycles. The number of imidazole rings is 1. The lowest BCUT2D eigenvalue weighted by atomic mass is 10.1. The van der Waals surface area contributed by atoms with Crippen molar-refractivity contribution < 1.29 is 4.79 Å². The fraction of sp³-hybridized carbons (Fsp3) is 0.154. The number of anilines is 1. The molecule has 1 amide bonds. The van der Waals surface area contributed by atoms with Crippen molar-refractivity contribution in [2.45, 2.75) is 26.8 Å². The molecule has 7 heteroatoms. The van der Waals surface area contributed by atoms with E-state index in [1.807, 2.05) is 66.9 Å². The monoisotopic (exact) mass is 437 g/mol. The smallest absolute Gasteiger partial charge is 0.277 e. The van der Waals surface area contributed by atoms with E-state index in [0.717, 1.165) is 23.2 Å². The van der Waals surface area contributed by atoms with Crippen LogP contribution in [0.4, 0.5) is 5.82 Å². The van der Waals surface area contributed by atoms with Gasteiger partial charge in [-0.1, -0.05) is 61.5 Å². The quantitative estimate of drug-likeness (QED) is 0.433. The van der Waals surface area contributed by atoms with Crippen LogP contribution in [0.5, 0.6) is 0 Å². The van der Waals surface area contributed by atoms with E-state index >= 15 is 0 Å². The third kappa shape index (κ3) is 3.57. The van der Waals surface area contributed by atoms with E-state index < -0.39 is 5.91 Å². The van der Waals surface area contributed by atoms with Crippen molar-refractivity contribution in [3.63, 3.8) is 0 Å². The summed E-state index contributed by atoms with van der Waals surface area (Å²) in [7, 11) is 0. The van der Waals surface area contributed by atoms with Gasteiger partial charge in [-0.2, -0.15) is 5.10 Å². The van der Waals surface area contributed by atoms with Crippen LogP contribution in [-0.4, -0.2) is 25.1 Å². The van der Waals surface area contributed by atoms with Crippen molar-refractivity contribution in [1.82, 2.24) is 19.2 Å². The number of nitrogens with one attached hydrogen (secondary N) is 1. The Kier molecular flexibility index (Phi) is 5.22. The summed E-state index contributed by atoms with van der Waals surface area (Å²) in [6.45, 7) is 4.39. The molecule has 0 atom stereocenters. The van der Waals surface area contributed by atoms with Gasteiger partial charge in [-0.05, 0) is 31.0 Å². The second-order valence-electron chi connectivity index (χ2n) is 7.94. The molecule has 0 radical (unpaired) electrons. The maximum Gasteiger partial charge on any atom is 0.277 e. The Morgan fingerprint density at radius 1 is 0.970 bits per heavy atom. The van der Waals surface area contributed by atoms with Gasteiger partial charge in [0.1, 0.15) is 17.2 Å². The normalized spacial score (nSPS) is 11.2. The first-order valence-corrected chi connectivity index (χ1v) is 10.9. The molecule has 0 spiro atoms. The van der Waals surface area contributed by atoms with E-state index in [2.05, 4.69) is 10.4 Å². The highest BCUT2D eigenvalue weighted by atomic mass is 16.2. The first-order chi connectivity index (χ1) is 16.1. The SMILES string of the molecule is CCCn1nc(C(=O)Nc2c(-c3ccccc3)nc3c(C)cccn23)c2ccccc2c1=O. The summed E-state index contributed by atoms with van der Waals surface area (Å²) in [5, 5.41) is 8.48. The molecule has 164 valence electrons. The molecule has 0 aliphatic carbocycles. The van der Waals surface area contributed by atoms with Gasteiger partial charge in [0, 0.05) is 23.7 Å². The number of pyridine rings is 1. The van der Waals surface area contributed by atoms with Crippen LogP contribution in [-0.2, 0) is 6.54 Å². The van der Waals surface area contributed by atoms with E-state index in [4.69, 9.17) is 4.98 Å². The summed E-state index contributed by atoms with van der Waals surface area (Å²) in [6, 6.07) is 20.7. The zero-order valence-electron chi connectivity index (χ0n) is 18.4. The zero-order chi connectivity index (χ0) is 22.9. The largest absolute Gasteiger partial charge is 0.304 e. The minimum absolute atomic E-state index is 0.195. The summed E-state index contributed by atoms with van der Waals surface area (Å²) >= 11 is 0. The number of nitrogens with zero attached hydrogens (tertiary/aromatic N) is 4. The molecule has 3 aromatic heterocycles. The Morgan fingerprint density at radius 3 is 2.45 bits per heavy atom. The van der Waals surface area contributed by atoms with Crippen LogP contribution in [0.1, 0.15) is 29.4 Å². The number of amides is 1. The van der Waals surface area contributed by atoms with Crippen LogP contribution >= 0.6 is 0 Å². The van der Waals surface area contributed by atoms with Crippen LogP contribution in [0.15, 0.2) is 77.7 Å². The van der Waals surface area contributed by atoms with Gasteiger partial charge in [-0.25, -0.2) is 9.67 Å². The number of fused-ring (bicyclic) bond motifs is 2. The third-order valence-corrected chi connectivity index (χ3v) is 5.64. The molecule has 0 aliphatic rings. The first-order valence-electron chi connectivity index (χ1n) is 10.9. The molecule has 5 aromatic rings. The number of hydrogen-bond donors (Lipinski definition) is 1. The van der Waals surface area contributed by atoms with Crippen LogP contribution in [0.25, 0.3) is 27.7 Å². The molecular formula is C26H23N5O2. The van der Waals surface area contributed by atoms with Crippen molar-refractivity contribution in [3.05, 3.63) is 94.5 Å². The summed E-state index contributed by atoms with van der Waals surface area (Å²) in [6.07, 6.45) is 2.61. The Labute approximate surface area is 190 Å². The van der Waals surface area contributed by atoms with Crippen molar-refractivity contribution in [3.8, 4) is 11.3 Å². The second-order valence-corrected chi connectivity index (χ2v) is 7.94. The van der Waals surface area contributed by atoms with E-state index in [1.54, 1.807) is 24.3 Å². The number of benzene rings is 2. The van der Waals surface area contributed by atoms with E-state index in [9.17, 15) is 9.59 Å². The van der Waals surface area contributed by atoms with Crippen molar-refractivity contribution in [2.24, 2.45) is 0 Å². The minimum Gasteiger partial charge on any atom is -0.304 e. The predicted octanol–water partition coefficient (Wildman–Crippen LogP) is 4.68. The number of rotatable bonds is 5. The van der Waals surface area contributed by atoms with Gasteiger partial charge in [0.2, 0.25) is 0 Å². The molecule has 0 bridgehead atoms. The molecule has 0 saturated heterocycles. The Bertz CT molecular complexity index is 1550.